The number of nitro groups is 3. The van der Waals surface area contributed by atoms with E-state index in [0.717, 1.165) is 6.07 Å². The average molecular weight is 259 g/mol. The van der Waals surface area contributed by atoms with Crippen molar-refractivity contribution in [3.05, 3.63) is 42.5 Å². The van der Waals surface area contributed by atoms with E-state index in [1.54, 1.807) is 0 Å². The second-order valence-electron chi connectivity index (χ2n) is 2.66. The van der Waals surface area contributed by atoms with Crippen molar-refractivity contribution in [1.82, 2.24) is 0 Å². The fourth-order valence-electron chi connectivity index (χ4n) is 1.14. The molecule has 0 N–H and O–H groups in total. The summed E-state index contributed by atoms with van der Waals surface area (Å²) in [4.78, 5) is 28.2. The molecular formula is C6H2N3O7P. The van der Waals surface area contributed by atoms with Gasteiger partial charge >= 0.3 is 17.1 Å². The van der Waals surface area contributed by atoms with Crippen molar-refractivity contribution in [2.24, 2.45) is 0 Å². The van der Waals surface area contributed by atoms with Crippen molar-refractivity contribution in [3.63, 3.8) is 0 Å². The lowest BCUT2D eigenvalue weighted by Crippen LogP contribution is -2.09. The van der Waals surface area contributed by atoms with Gasteiger partial charge in [0, 0.05) is 6.07 Å². The molecule has 0 spiro atoms. The number of benzene rings is 1. The Bertz CT molecular complexity index is 543. The smallest absolute Gasteiger partial charge is 0.269 e. The Balaban J connectivity index is 3.77. The van der Waals surface area contributed by atoms with Crippen LogP contribution in [0, 0.1) is 30.3 Å². The third kappa shape index (κ3) is 2.21. The van der Waals surface area contributed by atoms with Gasteiger partial charge in [0.1, 0.15) is 5.30 Å². The van der Waals surface area contributed by atoms with Crippen molar-refractivity contribution < 1.29 is 19.3 Å². The third-order valence-corrected chi connectivity index (χ3v) is 2.33. The first-order valence-corrected chi connectivity index (χ1v) is 4.65. The van der Waals surface area contributed by atoms with Crippen LogP contribution < -0.4 is 5.30 Å². The maximum absolute atomic E-state index is 10.6. The van der Waals surface area contributed by atoms with E-state index in [1.807, 2.05) is 0 Å². The number of nitrogens with zero attached hydrogens (tertiary/aromatic N) is 3. The maximum atomic E-state index is 10.6. The molecule has 0 atom stereocenters. The van der Waals surface area contributed by atoms with E-state index in [0.29, 0.717) is 6.07 Å². The van der Waals surface area contributed by atoms with Crippen LogP contribution in [0.15, 0.2) is 12.1 Å². The summed E-state index contributed by atoms with van der Waals surface area (Å²) in [5.74, 6) is 0. The van der Waals surface area contributed by atoms with Crippen molar-refractivity contribution in [3.8, 4) is 0 Å². The summed E-state index contributed by atoms with van der Waals surface area (Å²) < 4.78 is 10.6. The number of nitro benzene ring substituents is 3. The Morgan fingerprint density at radius 2 is 1.41 bits per heavy atom. The summed E-state index contributed by atoms with van der Waals surface area (Å²) in [6.07, 6.45) is 0. The molecule has 1 aromatic carbocycles. The molecule has 0 aromatic heterocycles. The van der Waals surface area contributed by atoms with Gasteiger partial charge in [-0.15, -0.1) is 0 Å². The molecule has 0 heterocycles. The molecular weight excluding hydrogens is 257 g/mol. The number of hydrogen-bond donors (Lipinski definition) is 0. The zero-order chi connectivity index (χ0) is 13.2. The van der Waals surface area contributed by atoms with Crippen LogP contribution in [-0.2, 0) is 4.57 Å². The van der Waals surface area contributed by atoms with Gasteiger partial charge in [0.25, 0.3) is 0 Å². The van der Waals surface area contributed by atoms with Gasteiger partial charge in [-0.05, 0) is 6.07 Å². The second-order valence-corrected chi connectivity index (χ2v) is 3.33. The normalized spacial score (nSPS) is 10.1. The highest BCUT2D eigenvalue weighted by Crippen LogP contribution is 2.35. The molecule has 0 radical (unpaired) electrons. The molecule has 0 bridgehead atoms. The molecule has 0 saturated carbocycles. The van der Waals surface area contributed by atoms with Crippen LogP contribution in [0.25, 0.3) is 0 Å². The monoisotopic (exact) mass is 259 g/mol. The average Bonchev–Trinajstić information content (AvgIpc) is 2.26. The van der Waals surface area contributed by atoms with Gasteiger partial charge in [-0.2, -0.15) is 0 Å². The van der Waals surface area contributed by atoms with E-state index >= 15 is 0 Å². The van der Waals surface area contributed by atoms with E-state index in [1.165, 1.54) is 0 Å². The quantitative estimate of drug-likeness (QED) is 0.449. The minimum atomic E-state index is -1.28. The fourth-order valence-corrected chi connectivity index (χ4v) is 1.55. The summed E-state index contributed by atoms with van der Waals surface area (Å²) in [7, 11) is -0.830. The van der Waals surface area contributed by atoms with Crippen LogP contribution in [0.5, 0.6) is 0 Å². The highest BCUT2D eigenvalue weighted by atomic mass is 31.1. The van der Waals surface area contributed by atoms with Crippen LogP contribution in [-0.4, -0.2) is 14.8 Å². The molecule has 0 aliphatic rings. The highest BCUT2D eigenvalue weighted by molar-refractivity contribution is 7.34. The molecule has 0 fully saturated rings. The largest absolute Gasteiger partial charge is 0.423 e. The van der Waals surface area contributed by atoms with Crippen LogP contribution in [0.2, 0.25) is 0 Å². The van der Waals surface area contributed by atoms with Crippen molar-refractivity contribution in [1.29, 1.82) is 0 Å². The summed E-state index contributed by atoms with van der Waals surface area (Å²) in [5, 5.41) is 31.2. The molecule has 0 amide bonds. The molecule has 0 saturated heterocycles. The van der Waals surface area contributed by atoms with Crippen molar-refractivity contribution >= 4 is 30.8 Å². The topological polar surface area (TPSA) is 146 Å². The minimum absolute atomic E-state index is 0.493. The van der Waals surface area contributed by atoms with Gasteiger partial charge in [0.05, 0.1) is 14.8 Å². The first kappa shape index (κ1) is 12.6. The maximum Gasteiger partial charge on any atom is 0.423 e. The predicted octanol–water partition coefficient (Wildman–Crippen LogP) is 1.33. The zero-order valence-electron chi connectivity index (χ0n) is 7.80. The van der Waals surface area contributed by atoms with Gasteiger partial charge in [-0.25, -0.2) is 0 Å². The fraction of sp³-hybridized carbons (Fsp3) is 0. The minimum Gasteiger partial charge on any atom is -0.269 e. The lowest BCUT2D eigenvalue weighted by atomic mass is 10.2. The Labute approximate surface area is 93.5 Å². The van der Waals surface area contributed by atoms with E-state index < -0.39 is 45.6 Å². The number of rotatable bonds is 4. The predicted molar refractivity (Wildman–Crippen MR) is 53.6 cm³/mol. The summed E-state index contributed by atoms with van der Waals surface area (Å²) in [5.41, 5.74) is -3.43. The summed E-state index contributed by atoms with van der Waals surface area (Å²) in [6, 6.07) is 1.53. The Morgan fingerprint density at radius 1 is 0.882 bits per heavy atom. The molecule has 0 unspecified atom stereocenters. The first-order valence-electron chi connectivity index (χ1n) is 3.83. The van der Waals surface area contributed by atoms with E-state index in [-0.39, 0.29) is 0 Å². The third-order valence-electron chi connectivity index (χ3n) is 1.77. The van der Waals surface area contributed by atoms with Gasteiger partial charge in [-0.1, -0.05) is 0 Å². The van der Waals surface area contributed by atoms with Gasteiger partial charge in [0.15, 0.2) is 8.46 Å². The van der Waals surface area contributed by atoms with Gasteiger partial charge in [0.2, 0.25) is 0 Å². The molecule has 1 rings (SSSR count). The Hall–Kier alpha value is -2.48. The molecule has 0 aliphatic heterocycles. The molecule has 0 aliphatic carbocycles. The number of hydrogen-bond acceptors (Lipinski definition) is 7. The van der Waals surface area contributed by atoms with Crippen LogP contribution in [0.3, 0.4) is 0 Å². The zero-order valence-corrected chi connectivity index (χ0v) is 8.70. The lowest BCUT2D eigenvalue weighted by molar-refractivity contribution is -0.440. The standard InChI is InChI=1S/C6H2N3O7P/c10-7(11)3-1-2-4(17-16)6(9(14)15)5(3)8(12)13/h1-2H. The van der Waals surface area contributed by atoms with Gasteiger partial charge < -0.3 is 0 Å². The van der Waals surface area contributed by atoms with E-state index in [4.69, 9.17) is 0 Å². The lowest BCUT2D eigenvalue weighted by Gasteiger charge is -1.97. The van der Waals surface area contributed by atoms with E-state index in [2.05, 4.69) is 0 Å². The highest BCUT2D eigenvalue weighted by Gasteiger charge is 2.38. The summed E-state index contributed by atoms with van der Waals surface area (Å²) in [6.45, 7) is 0. The molecule has 88 valence electrons. The Kier molecular flexibility index (Phi) is 3.39. The van der Waals surface area contributed by atoms with Crippen molar-refractivity contribution in [2.45, 2.75) is 0 Å². The van der Waals surface area contributed by atoms with Crippen LogP contribution >= 0.6 is 8.46 Å². The SMILES string of the molecule is O=Pc1ccc([N+](=O)[O-])c([N+](=O)[O-])c1[N+](=O)[O-]. The van der Waals surface area contributed by atoms with Crippen LogP contribution in [0.4, 0.5) is 17.1 Å². The van der Waals surface area contributed by atoms with E-state index in [9.17, 15) is 34.9 Å². The van der Waals surface area contributed by atoms with Crippen LogP contribution in [0.1, 0.15) is 0 Å². The summed E-state index contributed by atoms with van der Waals surface area (Å²) >= 11 is 0. The first-order chi connectivity index (χ1) is 7.90. The Morgan fingerprint density at radius 3 is 1.76 bits per heavy atom. The molecule has 11 heteroatoms. The molecule has 10 nitrogen and oxygen atoms in total. The second kappa shape index (κ2) is 4.58. The van der Waals surface area contributed by atoms with Gasteiger partial charge in [-0.3, -0.25) is 34.9 Å². The molecule has 17 heavy (non-hydrogen) atoms. The van der Waals surface area contributed by atoms with Crippen molar-refractivity contribution in [2.75, 3.05) is 0 Å². The molecule has 1 aromatic rings.